The van der Waals surface area contributed by atoms with Crippen molar-refractivity contribution < 1.29 is 0 Å². The maximum atomic E-state index is 2.34. The highest BCUT2D eigenvalue weighted by molar-refractivity contribution is 5.21. The first-order chi connectivity index (χ1) is 3.34. The minimum Gasteiger partial charge on any atom is -0.0853 e. The Morgan fingerprint density at radius 2 is 2.43 bits per heavy atom. The van der Waals surface area contributed by atoms with Crippen molar-refractivity contribution in [1.29, 1.82) is 0 Å². The predicted molar refractivity (Wildman–Crippen MR) is 32.2 cm³/mol. The van der Waals surface area contributed by atoms with Gasteiger partial charge in [0.05, 0.1) is 0 Å². The number of rotatable bonds is 1. The Labute approximate surface area is 45.2 Å². The van der Waals surface area contributed by atoms with Gasteiger partial charge in [0.15, 0.2) is 0 Å². The molecule has 0 amide bonds. The molecule has 1 atom stereocenters. The first-order valence-corrected chi connectivity index (χ1v) is 3.03. The van der Waals surface area contributed by atoms with Crippen molar-refractivity contribution in [2.75, 3.05) is 0 Å². The van der Waals surface area contributed by atoms with Crippen LogP contribution < -0.4 is 0 Å². The largest absolute Gasteiger partial charge is 0.0853 e. The molecule has 0 saturated heterocycles. The second-order valence-corrected chi connectivity index (χ2v) is 2.29. The monoisotopic (exact) mass is 96.1 g/mol. The lowest BCUT2D eigenvalue weighted by Gasteiger charge is -1.71. The summed E-state index contributed by atoms with van der Waals surface area (Å²) in [4.78, 5) is 0. The van der Waals surface area contributed by atoms with Crippen LogP contribution in [0.3, 0.4) is 0 Å². The molecule has 1 fully saturated rings. The molecule has 40 valence electrons. The summed E-state index contributed by atoms with van der Waals surface area (Å²) in [5, 5.41) is 0. The average Bonchev–Trinajstić information content (AvgIpc) is 2.22. The van der Waals surface area contributed by atoms with E-state index in [-0.39, 0.29) is 0 Å². The molecule has 0 heteroatoms. The van der Waals surface area contributed by atoms with E-state index in [2.05, 4.69) is 19.9 Å². The lowest BCUT2D eigenvalue weighted by atomic mass is 10.4. The van der Waals surface area contributed by atoms with Gasteiger partial charge in [0.2, 0.25) is 0 Å². The minimum atomic E-state index is 0.931. The van der Waals surface area contributed by atoms with Crippen LogP contribution in [-0.2, 0) is 0 Å². The van der Waals surface area contributed by atoms with Gasteiger partial charge in [0.25, 0.3) is 0 Å². The first kappa shape index (κ1) is 4.89. The summed E-state index contributed by atoms with van der Waals surface area (Å²) in [6.45, 7) is 4.47. The fraction of sp³-hybridized carbons (Fsp3) is 0.714. The van der Waals surface area contributed by atoms with Crippen molar-refractivity contribution >= 4 is 0 Å². The summed E-state index contributed by atoms with van der Waals surface area (Å²) in [6, 6.07) is 0. The van der Waals surface area contributed by atoms with Crippen LogP contribution in [0, 0.1) is 5.92 Å². The SMILES string of the molecule is CCC=C1CC1C. The van der Waals surface area contributed by atoms with Crippen molar-refractivity contribution in [1.82, 2.24) is 0 Å². The Morgan fingerprint density at radius 3 is 2.57 bits per heavy atom. The Morgan fingerprint density at radius 1 is 1.86 bits per heavy atom. The molecule has 0 heterocycles. The van der Waals surface area contributed by atoms with Crippen molar-refractivity contribution in [3.63, 3.8) is 0 Å². The topological polar surface area (TPSA) is 0 Å². The fourth-order valence-electron chi connectivity index (χ4n) is 0.841. The zero-order chi connectivity index (χ0) is 5.28. The minimum absolute atomic E-state index is 0.931. The molecular formula is C7H12. The molecule has 0 spiro atoms. The van der Waals surface area contributed by atoms with Gasteiger partial charge in [-0.1, -0.05) is 25.5 Å². The third-order valence-electron chi connectivity index (χ3n) is 1.48. The molecule has 0 aromatic carbocycles. The maximum Gasteiger partial charge on any atom is -0.0194 e. The zero-order valence-corrected chi connectivity index (χ0v) is 5.07. The van der Waals surface area contributed by atoms with E-state index in [1.807, 2.05) is 0 Å². The van der Waals surface area contributed by atoms with Gasteiger partial charge in [0, 0.05) is 0 Å². The van der Waals surface area contributed by atoms with Gasteiger partial charge in [0.1, 0.15) is 0 Å². The van der Waals surface area contributed by atoms with Crippen molar-refractivity contribution in [3.05, 3.63) is 11.6 Å². The van der Waals surface area contributed by atoms with Gasteiger partial charge in [-0.3, -0.25) is 0 Å². The second kappa shape index (κ2) is 1.69. The van der Waals surface area contributed by atoms with Gasteiger partial charge in [-0.05, 0) is 18.8 Å². The molecule has 0 N–H and O–H groups in total. The Balaban J connectivity index is 2.30. The van der Waals surface area contributed by atoms with Crippen LogP contribution in [0.15, 0.2) is 11.6 Å². The van der Waals surface area contributed by atoms with E-state index in [1.165, 1.54) is 12.8 Å². The molecule has 0 bridgehead atoms. The molecule has 1 saturated carbocycles. The molecule has 1 unspecified atom stereocenters. The summed E-state index contributed by atoms with van der Waals surface area (Å²) in [7, 11) is 0. The van der Waals surface area contributed by atoms with E-state index in [0.29, 0.717) is 0 Å². The molecule has 1 aliphatic rings. The van der Waals surface area contributed by atoms with Crippen LogP contribution in [0.4, 0.5) is 0 Å². The first-order valence-electron chi connectivity index (χ1n) is 3.03. The van der Waals surface area contributed by atoms with Crippen molar-refractivity contribution in [3.8, 4) is 0 Å². The van der Waals surface area contributed by atoms with E-state index in [0.717, 1.165) is 5.92 Å². The maximum absolute atomic E-state index is 2.34. The molecule has 0 radical (unpaired) electrons. The molecule has 1 aliphatic carbocycles. The van der Waals surface area contributed by atoms with Crippen LogP contribution in [0.5, 0.6) is 0 Å². The molecule has 0 aliphatic heterocycles. The van der Waals surface area contributed by atoms with Gasteiger partial charge in [-0.25, -0.2) is 0 Å². The summed E-state index contributed by atoms with van der Waals surface area (Å²) in [5.74, 6) is 0.931. The number of hydrogen-bond donors (Lipinski definition) is 0. The molecule has 7 heavy (non-hydrogen) atoms. The molecular weight excluding hydrogens is 84.1 g/mol. The Hall–Kier alpha value is -0.260. The van der Waals surface area contributed by atoms with Crippen LogP contribution >= 0.6 is 0 Å². The van der Waals surface area contributed by atoms with E-state index in [1.54, 1.807) is 5.57 Å². The third kappa shape index (κ3) is 1.05. The predicted octanol–water partition coefficient (Wildman–Crippen LogP) is 2.36. The van der Waals surface area contributed by atoms with Crippen LogP contribution in [0.25, 0.3) is 0 Å². The number of allylic oxidation sites excluding steroid dienone is 2. The second-order valence-electron chi connectivity index (χ2n) is 2.29. The lowest BCUT2D eigenvalue weighted by molar-refractivity contribution is 1.01. The Bertz CT molecular complexity index is 90.2. The zero-order valence-electron chi connectivity index (χ0n) is 5.07. The standard InChI is InChI=1S/C7H12/c1-3-4-7-5-6(7)2/h4,6H,3,5H2,1-2H3. The van der Waals surface area contributed by atoms with Gasteiger partial charge in [-0.15, -0.1) is 0 Å². The summed E-state index contributed by atoms with van der Waals surface area (Å²) in [6.07, 6.45) is 4.93. The highest BCUT2D eigenvalue weighted by Crippen LogP contribution is 2.36. The van der Waals surface area contributed by atoms with Crippen molar-refractivity contribution in [2.45, 2.75) is 26.7 Å². The van der Waals surface area contributed by atoms with Crippen LogP contribution in [-0.4, -0.2) is 0 Å². The van der Waals surface area contributed by atoms with Crippen molar-refractivity contribution in [2.24, 2.45) is 5.92 Å². The van der Waals surface area contributed by atoms with Gasteiger partial charge < -0.3 is 0 Å². The molecule has 1 rings (SSSR count). The molecule has 0 aromatic heterocycles. The smallest absolute Gasteiger partial charge is 0.0194 e. The summed E-state index contributed by atoms with van der Waals surface area (Å²) < 4.78 is 0. The lowest BCUT2D eigenvalue weighted by Crippen LogP contribution is -1.54. The average molecular weight is 96.2 g/mol. The highest BCUT2D eigenvalue weighted by Gasteiger charge is 2.22. The van der Waals surface area contributed by atoms with E-state index in [9.17, 15) is 0 Å². The molecule has 0 aromatic rings. The summed E-state index contributed by atoms with van der Waals surface area (Å²) in [5.41, 5.74) is 1.67. The van der Waals surface area contributed by atoms with E-state index < -0.39 is 0 Å². The normalized spacial score (nSPS) is 34.0. The van der Waals surface area contributed by atoms with Gasteiger partial charge >= 0.3 is 0 Å². The summed E-state index contributed by atoms with van der Waals surface area (Å²) >= 11 is 0. The highest BCUT2D eigenvalue weighted by atomic mass is 14.3. The van der Waals surface area contributed by atoms with Crippen LogP contribution in [0.2, 0.25) is 0 Å². The quantitative estimate of drug-likeness (QED) is 0.439. The fourth-order valence-corrected chi connectivity index (χ4v) is 0.841. The molecule has 0 nitrogen and oxygen atoms in total. The third-order valence-corrected chi connectivity index (χ3v) is 1.48. The van der Waals surface area contributed by atoms with E-state index in [4.69, 9.17) is 0 Å². The van der Waals surface area contributed by atoms with Crippen LogP contribution in [0.1, 0.15) is 26.7 Å². The number of hydrogen-bond acceptors (Lipinski definition) is 0. The van der Waals surface area contributed by atoms with E-state index >= 15 is 0 Å². The Kier molecular flexibility index (Phi) is 1.18. The van der Waals surface area contributed by atoms with Gasteiger partial charge in [-0.2, -0.15) is 0 Å².